The number of urea groups is 1. The molecule has 0 saturated carbocycles. The molecule has 0 aliphatic carbocycles. The fourth-order valence-electron chi connectivity index (χ4n) is 1.60. The fraction of sp³-hybridized carbons (Fsp3) is 0.154. The number of benzene rings is 1. The van der Waals surface area contributed by atoms with Gasteiger partial charge in [0, 0.05) is 30.2 Å². The Kier molecular flexibility index (Phi) is 5.13. The van der Waals surface area contributed by atoms with E-state index in [0.717, 1.165) is 5.01 Å². The number of anilines is 1. The molecule has 2 aromatic rings. The van der Waals surface area contributed by atoms with Gasteiger partial charge in [0.25, 0.3) is 0 Å². The number of carbonyl (C=O) groups excluding carboxylic acids is 1. The molecule has 0 unspecified atom stereocenters. The molecule has 0 spiro atoms. The summed E-state index contributed by atoms with van der Waals surface area (Å²) < 4.78 is 0. The van der Waals surface area contributed by atoms with Gasteiger partial charge in [-0.25, -0.2) is 14.6 Å². The first-order chi connectivity index (χ1) is 10.1. The smallest absolute Gasteiger partial charge is 0.337 e. The second kappa shape index (κ2) is 7.05. The summed E-state index contributed by atoms with van der Waals surface area (Å²) in [5, 5.41) is 17.1. The lowest BCUT2D eigenvalue weighted by Crippen LogP contribution is -2.30. The number of nitrogens with one attached hydrogen (secondary N) is 2. The molecule has 1 aromatic heterocycles. The second-order valence-corrected chi connectivity index (χ2v) is 5.44. The van der Waals surface area contributed by atoms with Crippen LogP contribution in [0, 0.1) is 0 Å². The monoisotopic (exact) mass is 325 g/mol. The van der Waals surface area contributed by atoms with Crippen molar-refractivity contribution in [3.05, 3.63) is 45.4 Å². The Balaban J connectivity index is 1.87. The molecule has 0 saturated heterocycles. The van der Waals surface area contributed by atoms with E-state index in [4.69, 9.17) is 16.7 Å². The van der Waals surface area contributed by atoms with Crippen LogP contribution in [0.5, 0.6) is 0 Å². The standard InChI is InChI=1S/C13H12ClN3O3S/c14-10-2-1-8(7-9(10)12(18)19)17-13(20)16-4-3-11-15-5-6-21-11/h1-2,5-7H,3-4H2,(H,18,19)(H2,16,17,20). The Labute approximate surface area is 129 Å². The van der Waals surface area contributed by atoms with Gasteiger partial charge in [-0.05, 0) is 18.2 Å². The van der Waals surface area contributed by atoms with Crippen LogP contribution in [0.3, 0.4) is 0 Å². The third kappa shape index (κ3) is 4.44. The molecule has 0 bridgehead atoms. The SMILES string of the molecule is O=C(NCCc1nccs1)Nc1ccc(Cl)c(C(=O)O)c1. The van der Waals surface area contributed by atoms with Crippen molar-refractivity contribution in [3.63, 3.8) is 0 Å². The summed E-state index contributed by atoms with van der Waals surface area (Å²) in [7, 11) is 0. The van der Waals surface area contributed by atoms with E-state index in [2.05, 4.69) is 15.6 Å². The Morgan fingerprint density at radius 3 is 2.86 bits per heavy atom. The highest BCUT2D eigenvalue weighted by Crippen LogP contribution is 2.20. The normalized spacial score (nSPS) is 10.1. The number of carboxylic acid groups (broad SMARTS) is 1. The van der Waals surface area contributed by atoms with E-state index in [1.165, 1.54) is 29.5 Å². The summed E-state index contributed by atoms with van der Waals surface area (Å²) in [5.41, 5.74) is 0.306. The van der Waals surface area contributed by atoms with Crippen LogP contribution in [0.2, 0.25) is 5.02 Å². The first kappa shape index (κ1) is 15.3. The molecular weight excluding hydrogens is 314 g/mol. The van der Waals surface area contributed by atoms with Gasteiger partial charge < -0.3 is 15.7 Å². The van der Waals surface area contributed by atoms with E-state index in [-0.39, 0.29) is 10.6 Å². The molecule has 0 fully saturated rings. The van der Waals surface area contributed by atoms with Gasteiger partial charge in [-0.15, -0.1) is 11.3 Å². The maximum Gasteiger partial charge on any atom is 0.337 e. The third-order valence-corrected chi connectivity index (χ3v) is 3.73. The van der Waals surface area contributed by atoms with Crippen LogP contribution in [-0.4, -0.2) is 28.6 Å². The lowest BCUT2D eigenvalue weighted by atomic mass is 10.2. The molecule has 1 aromatic carbocycles. The van der Waals surface area contributed by atoms with Crippen LogP contribution in [0.4, 0.5) is 10.5 Å². The maximum atomic E-state index is 11.7. The second-order valence-electron chi connectivity index (χ2n) is 4.06. The minimum absolute atomic E-state index is 0.0581. The number of thiazole rings is 1. The van der Waals surface area contributed by atoms with Gasteiger partial charge in [0.1, 0.15) is 0 Å². The molecule has 0 radical (unpaired) electrons. The number of hydrogen-bond acceptors (Lipinski definition) is 4. The van der Waals surface area contributed by atoms with Gasteiger partial charge in [0.15, 0.2) is 0 Å². The van der Waals surface area contributed by atoms with Crippen molar-refractivity contribution >= 4 is 40.6 Å². The predicted molar refractivity (Wildman–Crippen MR) is 81.3 cm³/mol. The summed E-state index contributed by atoms with van der Waals surface area (Å²) >= 11 is 7.28. The highest BCUT2D eigenvalue weighted by atomic mass is 35.5. The largest absolute Gasteiger partial charge is 0.478 e. The number of aromatic nitrogens is 1. The molecule has 3 N–H and O–H groups in total. The number of carbonyl (C=O) groups is 2. The number of carboxylic acids is 1. The van der Waals surface area contributed by atoms with E-state index in [0.29, 0.717) is 18.7 Å². The number of rotatable bonds is 5. The van der Waals surface area contributed by atoms with Crippen molar-refractivity contribution in [1.29, 1.82) is 0 Å². The minimum atomic E-state index is -1.15. The van der Waals surface area contributed by atoms with Gasteiger partial charge in [0.2, 0.25) is 0 Å². The first-order valence-corrected chi connectivity index (χ1v) is 7.28. The molecule has 1 heterocycles. The molecular formula is C13H12ClN3O3S. The summed E-state index contributed by atoms with van der Waals surface area (Å²) in [5.74, 6) is -1.15. The van der Waals surface area contributed by atoms with Gasteiger partial charge in [-0.3, -0.25) is 0 Å². The van der Waals surface area contributed by atoms with E-state index in [1.807, 2.05) is 5.38 Å². The lowest BCUT2D eigenvalue weighted by molar-refractivity contribution is 0.0697. The van der Waals surface area contributed by atoms with Crippen molar-refractivity contribution in [3.8, 4) is 0 Å². The zero-order chi connectivity index (χ0) is 15.2. The minimum Gasteiger partial charge on any atom is -0.478 e. The Morgan fingerprint density at radius 2 is 2.19 bits per heavy atom. The highest BCUT2D eigenvalue weighted by Gasteiger charge is 2.10. The van der Waals surface area contributed by atoms with Crippen molar-refractivity contribution in [2.24, 2.45) is 0 Å². The molecule has 2 amide bonds. The molecule has 6 nitrogen and oxygen atoms in total. The van der Waals surface area contributed by atoms with Crippen molar-refractivity contribution in [2.45, 2.75) is 6.42 Å². The van der Waals surface area contributed by atoms with Gasteiger partial charge in [-0.2, -0.15) is 0 Å². The van der Waals surface area contributed by atoms with Crippen LogP contribution >= 0.6 is 22.9 Å². The zero-order valence-corrected chi connectivity index (χ0v) is 12.4. The summed E-state index contributed by atoms with van der Waals surface area (Å²) in [6, 6.07) is 3.86. The molecule has 2 rings (SSSR count). The molecule has 21 heavy (non-hydrogen) atoms. The van der Waals surface area contributed by atoms with E-state index < -0.39 is 12.0 Å². The number of halogens is 1. The summed E-state index contributed by atoms with van der Waals surface area (Å²) in [6.07, 6.45) is 2.35. The molecule has 0 aliphatic heterocycles. The van der Waals surface area contributed by atoms with Crippen molar-refractivity contribution < 1.29 is 14.7 Å². The van der Waals surface area contributed by atoms with E-state index in [9.17, 15) is 9.59 Å². The van der Waals surface area contributed by atoms with Crippen LogP contribution in [0.1, 0.15) is 15.4 Å². The van der Waals surface area contributed by atoms with Crippen LogP contribution in [0.15, 0.2) is 29.8 Å². The Bertz CT molecular complexity index is 646. The Morgan fingerprint density at radius 1 is 1.38 bits per heavy atom. The van der Waals surface area contributed by atoms with Crippen LogP contribution in [-0.2, 0) is 6.42 Å². The molecule has 8 heteroatoms. The number of hydrogen-bond donors (Lipinski definition) is 3. The molecule has 110 valence electrons. The Hall–Kier alpha value is -2.12. The molecule has 0 aliphatic rings. The van der Waals surface area contributed by atoms with Crippen molar-refractivity contribution in [2.75, 3.05) is 11.9 Å². The quantitative estimate of drug-likeness (QED) is 0.788. The van der Waals surface area contributed by atoms with Gasteiger partial charge in [0.05, 0.1) is 15.6 Å². The average Bonchev–Trinajstić information content (AvgIpc) is 2.94. The van der Waals surface area contributed by atoms with Crippen LogP contribution in [0.25, 0.3) is 0 Å². The number of aromatic carboxylic acids is 1. The maximum absolute atomic E-state index is 11.7. The van der Waals surface area contributed by atoms with Gasteiger partial charge >= 0.3 is 12.0 Å². The first-order valence-electron chi connectivity index (χ1n) is 6.02. The van der Waals surface area contributed by atoms with Gasteiger partial charge in [-0.1, -0.05) is 11.6 Å². The van der Waals surface area contributed by atoms with E-state index >= 15 is 0 Å². The number of amides is 2. The number of nitrogens with zero attached hydrogens (tertiary/aromatic N) is 1. The molecule has 0 atom stereocenters. The van der Waals surface area contributed by atoms with Crippen molar-refractivity contribution in [1.82, 2.24) is 10.3 Å². The van der Waals surface area contributed by atoms with E-state index in [1.54, 1.807) is 6.20 Å². The summed E-state index contributed by atoms with van der Waals surface area (Å²) in [4.78, 5) is 26.7. The highest BCUT2D eigenvalue weighted by molar-refractivity contribution is 7.09. The summed E-state index contributed by atoms with van der Waals surface area (Å²) in [6.45, 7) is 0.443. The zero-order valence-electron chi connectivity index (χ0n) is 10.8. The van der Waals surface area contributed by atoms with Crippen LogP contribution < -0.4 is 10.6 Å². The predicted octanol–water partition coefficient (Wildman–Crippen LogP) is 2.86. The lowest BCUT2D eigenvalue weighted by Gasteiger charge is -2.08. The third-order valence-electron chi connectivity index (χ3n) is 2.56. The fourth-order valence-corrected chi connectivity index (χ4v) is 2.42. The topological polar surface area (TPSA) is 91.3 Å². The average molecular weight is 326 g/mol.